The zero-order valence-electron chi connectivity index (χ0n) is 14.9. The van der Waals surface area contributed by atoms with Crippen molar-refractivity contribution < 1.29 is 14.3 Å². The van der Waals surface area contributed by atoms with Crippen molar-refractivity contribution in [1.29, 1.82) is 0 Å². The highest BCUT2D eigenvalue weighted by Gasteiger charge is 2.16. The van der Waals surface area contributed by atoms with Gasteiger partial charge in [-0.1, -0.05) is 12.1 Å². The van der Waals surface area contributed by atoms with Crippen molar-refractivity contribution in [2.24, 2.45) is 5.10 Å². The number of ether oxygens (including phenoxy) is 2. The Balaban J connectivity index is 2.01. The lowest BCUT2D eigenvalue weighted by Crippen LogP contribution is -2.21. The molecule has 0 saturated carbocycles. The summed E-state index contributed by atoms with van der Waals surface area (Å²) in [6.07, 6.45) is 0. The molecule has 0 aliphatic rings. The minimum absolute atomic E-state index is 0.0608. The second kappa shape index (κ2) is 8.13. The van der Waals surface area contributed by atoms with Crippen molar-refractivity contribution in [3.05, 3.63) is 64.6 Å². The fraction of sp³-hybridized carbons (Fsp3) is 0.158. The summed E-state index contributed by atoms with van der Waals surface area (Å²) in [4.78, 5) is 30.6. The summed E-state index contributed by atoms with van der Waals surface area (Å²) >= 11 is 0. The molecule has 8 nitrogen and oxygen atoms in total. The Kier molecular flexibility index (Phi) is 5.46. The number of aromatic amines is 1. The van der Waals surface area contributed by atoms with Crippen LogP contribution in [0.15, 0.2) is 58.4 Å². The lowest BCUT2D eigenvalue weighted by Gasteiger charge is -2.09. The SMILES string of the molecule is CCOC(=O)/C(=N/Nc1nc(=O)[nH]c2ccccc12)c1ccc(OC)cc1. The Morgan fingerprint density at radius 1 is 1.19 bits per heavy atom. The van der Waals surface area contributed by atoms with Crippen molar-refractivity contribution in [3.8, 4) is 5.75 Å². The molecule has 0 bridgehead atoms. The first-order valence-electron chi connectivity index (χ1n) is 8.26. The van der Waals surface area contributed by atoms with Crippen molar-refractivity contribution in [3.63, 3.8) is 0 Å². The summed E-state index contributed by atoms with van der Waals surface area (Å²) in [6.45, 7) is 1.92. The number of hydrogen-bond donors (Lipinski definition) is 2. The maximum absolute atomic E-state index is 12.3. The predicted octanol–water partition coefficient (Wildman–Crippen LogP) is 2.31. The number of methoxy groups -OCH3 is 1. The van der Waals surface area contributed by atoms with Crippen LogP contribution in [-0.4, -0.2) is 35.4 Å². The van der Waals surface area contributed by atoms with Crippen LogP contribution in [0.5, 0.6) is 5.75 Å². The highest BCUT2D eigenvalue weighted by Crippen LogP contribution is 2.18. The van der Waals surface area contributed by atoms with Crippen LogP contribution in [-0.2, 0) is 9.53 Å². The van der Waals surface area contributed by atoms with E-state index in [9.17, 15) is 9.59 Å². The van der Waals surface area contributed by atoms with Crippen LogP contribution in [0.2, 0.25) is 0 Å². The number of carbonyl (C=O) groups excluding carboxylic acids is 1. The molecule has 0 aliphatic heterocycles. The van der Waals surface area contributed by atoms with Gasteiger partial charge >= 0.3 is 11.7 Å². The first-order valence-corrected chi connectivity index (χ1v) is 8.26. The monoisotopic (exact) mass is 366 g/mol. The van der Waals surface area contributed by atoms with Gasteiger partial charge in [-0.2, -0.15) is 10.1 Å². The van der Waals surface area contributed by atoms with Gasteiger partial charge in [0, 0.05) is 10.9 Å². The van der Waals surface area contributed by atoms with Crippen LogP contribution >= 0.6 is 0 Å². The lowest BCUT2D eigenvalue weighted by atomic mass is 10.1. The molecule has 1 heterocycles. The highest BCUT2D eigenvalue weighted by atomic mass is 16.5. The summed E-state index contributed by atoms with van der Waals surface area (Å²) in [5.74, 6) is 0.297. The second-order valence-electron chi connectivity index (χ2n) is 5.46. The van der Waals surface area contributed by atoms with Gasteiger partial charge in [0.1, 0.15) is 5.75 Å². The number of para-hydroxylation sites is 1. The minimum atomic E-state index is -0.593. The average molecular weight is 366 g/mol. The largest absolute Gasteiger partial charge is 0.497 e. The van der Waals surface area contributed by atoms with Gasteiger partial charge in [-0.15, -0.1) is 0 Å². The molecule has 1 aromatic heterocycles. The quantitative estimate of drug-likeness (QED) is 0.394. The van der Waals surface area contributed by atoms with E-state index in [0.29, 0.717) is 22.2 Å². The van der Waals surface area contributed by atoms with Gasteiger partial charge in [-0.3, -0.25) is 5.43 Å². The predicted molar refractivity (Wildman–Crippen MR) is 102 cm³/mol. The molecule has 3 aromatic rings. The maximum Gasteiger partial charge on any atom is 0.359 e. The molecule has 0 radical (unpaired) electrons. The smallest absolute Gasteiger partial charge is 0.359 e. The number of fused-ring (bicyclic) bond motifs is 1. The number of H-pyrrole nitrogens is 1. The van der Waals surface area contributed by atoms with Crippen LogP contribution in [0.25, 0.3) is 10.9 Å². The molecule has 0 amide bonds. The molecule has 0 saturated heterocycles. The number of benzene rings is 2. The zero-order valence-corrected chi connectivity index (χ0v) is 14.9. The normalized spacial score (nSPS) is 11.3. The van der Waals surface area contributed by atoms with Crippen molar-refractivity contribution in [2.75, 3.05) is 19.1 Å². The van der Waals surface area contributed by atoms with E-state index in [1.54, 1.807) is 56.5 Å². The van der Waals surface area contributed by atoms with Gasteiger partial charge in [-0.05, 0) is 43.3 Å². The Morgan fingerprint density at radius 2 is 1.93 bits per heavy atom. The number of anilines is 1. The van der Waals surface area contributed by atoms with Crippen LogP contribution in [0, 0.1) is 0 Å². The standard InChI is InChI=1S/C19H18N4O4/c1-3-27-18(24)16(12-8-10-13(26-2)11-9-12)22-23-17-14-6-4-5-7-15(14)20-19(25)21-17/h4-11H,3H2,1-2H3,(H2,20,21,23,25)/b22-16+. The second-order valence-corrected chi connectivity index (χ2v) is 5.46. The number of esters is 1. The van der Waals surface area contributed by atoms with Crippen LogP contribution in [0.1, 0.15) is 12.5 Å². The summed E-state index contributed by atoms with van der Waals surface area (Å²) in [6, 6.07) is 14.0. The van der Waals surface area contributed by atoms with E-state index in [2.05, 4.69) is 20.5 Å². The molecule has 8 heteroatoms. The molecule has 0 spiro atoms. The van der Waals surface area contributed by atoms with E-state index in [1.165, 1.54) is 0 Å². The van der Waals surface area contributed by atoms with Crippen LogP contribution in [0.4, 0.5) is 5.82 Å². The van der Waals surface area contributed by atoms with Gasteiger partial charge in [0.2, 0.25) is 0 Å². The van der Waals surface area contributed by atoms with E-state index in [1.807, 2.05) is 6.07 Å². The van der Waals surface area contributed by atoms with Gasteiger partial charge in [0.15, 0.2) is 11.5 Å². The Bertz CT molecular complexity index is 1040. The highest BCUT2D eigenvalue weighted by molar-refractivity contribution is 6.43. The summed E-state index contributed by atoms with van der Waals surface area (Å²) in [5, 5.41) is 4.83. The number of nitrogens with one attached hydrogen (secondary N) is 2. The molecule has 0 atom stereocenters. The Labute approximate surface area is 154 Å². The van der Waals surface area contributed by atoms with E-state index in [-0.39, 0.29) is 18.1 Å². The third-order valence-corrected chi connectivity index (χ3v) is 3.74. The maximum atomic E-state index is 12.3. The van der Waals surface area contributed by atoms with Crippen molar-refractivity contribution in [1.82, 2.24) is 9.97 Å². The van der Waals surface area contributed by atoms with Gasteiger partial charge in [0.05, 0.1) is 19.2 Å². The number of hydrazone groups is 1. The van der Waals surface area contributed by atoms with Gasteiger partial charge in [-0.25, -0.2) is 9.59 Å². The number of nitrogens with zero attached hydrogens (tertiary/aromatic N) is 2. The number of rotatable bonds is 6. The fourth-order valence-electron chi connectivity index (χ4n) is 2.47. The minimum Gasteiger partial charge on any atom is -0.497 e. The molecule has 3 rings (SSSR count). The Morgan fingerprint density at radius 3 is 2.63 bits per heavy atom. The van der Waals surface area contributed by atoms with Crippen molar-refractivity contribution >= 4 is 28.4 Å². The number of carbonyl (C=O) groups is 1. The summed E-state index contributed by atoms with van der Waals surface area (Å²) < 4.78 is 10.2. The first kappa shape index (κ1) is 18.1. The summed E-state index contributed by atoms with van der Waals surface area (Å²) in [5.41, 5.74) is 3.41. The molecule has 27 heavy (non-hydrogen) atoms. The third-order valence-electron chi connectivity index (χ3n) is 3.74. The molecule has 2 aromatic carbocycles. The number of hydrogen-bond acceptors (Lipinski definition) is 7. The zero-order chi connectivity index (χ0) is 19.2. The fourth-order valence-corrected chi connectivity index (χ4v) is 2.47. The number of aromatic nitrogens is 2. The third kappa shape index (κ3) is 4.12. The first-order chi connectivity index (χ1) is 13.1. The molecule has 0 fully saturated rings. The lowest BCUT2D eigenvalue weighted by molar-refractivity contribution is -0.134. The van der Waals surface area contributed by atoms with Crippen LogP contribution in [0.3, 0.4) is 0 Å². The van der Waals surface area contributed by atoms with E-state index < -0.39 is 11.7 Å². The topological polar surface area (TPSA) is 106 Å². The average Bonchev–Trinajstić information content (AvgIpc) is 2.68. The molecule has 0 unspecified atom stereocenters. The van der Waals surface area contributed by atoms with Crippen molar-refractivity contribution in [2.45, 2.75) is 6.92 Å². The summed E-state index contributed by atoms with van der Waals surface area (Å²) in [7, 11) is 1.56. The molecule has 0 aliphatic carbocycles. The molecule has 138 valence electrons. The van der Waals surface area contributed by atoms with E-state index in [0.717, 1.165) is 0 Å². The molecular formula is C19H18N4O4. The molecule has 2 N–H and O–H groups in total. The van der Waals surface area contributed by atoms with Crippen LogP contribution < -0.4 is 15.9 Å². The van der Waals surface area contributed by atoms with E-state index in [4.69, 9.17) is 9.47 Å². The Hall–Kier alpha value is -3.68. The van der Waals surface area contributed by atoms with Gasteiger partial charge < -0.3 is 14.5 Å². The van der Waals surface area contributed by atoms with E-state index >= 15 is 0 Å². The molecular weight excluding hydrogens is 348 g/mol. The van der Waals surface area contributed by atoms with Gasteiger partial charge in [0.25, 0.3) is 0 Å².